The first kappa shape index (κ1) is 35.9. The Hall–Kier alpha value is -3.43. The van der Waals surface area contributed by atoms with Crippen LogP contribution >= 0.6 is 23.2 Å². The van der Waals surface area contributed by atoms with Crippen molar-refractivity contribution in [1.29, 1.82) is 0 Å². The number of hydrogen-bond donors (Lipinski definition) is 1. The van der Waals surface area contributed by atoms with E-state index >= 15 is 0 Å². The summed E-state index contributed by atoms with van der Waals surface area (Å²) in [6.07, 6.45) is 3.67. The lowest BCUT2D eigenvalue weighted by Gasteiger charge is -2.26. The summed E-state index contributed by atoms with van der Waals surface area (Å²) < 4.78 is 82.1. The molecule has 1 aliphatic heterocycles. The van der Waals surface area contributed by atoms with Crippen LogP contribution in [0.5, 0.6) is 17.2 Å². The second kappa shape index (κ2) is 16.3. The Morgan fingerprint density at radius 1 is 1.06 bits per heavy atom. The molecular weight excluding hydrogens is 695 g/mol. The molecule has 3 aromatic rings. The summed E-state index contributed by atoms with van der Waals surface area (Å²) in [6, 6.07) is 8.47. The van der Waals surface area contributed by atoms with Crippen molar-refractivity contribution in [1.82, 2.24) is 9.88 Å². The molecule has 16 heteroatoms. The number of nitrogens with one attached hydrogen (secondary N) is 1. The average molecular weight is 731 g/mol. The second-order valence-corrected chi connectivity index (χ2v) is 14.0. The molecule has 0 amide bonds. The van der Waals surface area contributed by atoms with Gasteiger partial charge in [0.15, 0.2) is 11.5 Å². The lowest BCUT2D eigenvalue weighted by atomic mass is 10.0. The van der Waals surface area contributed by atoms with E-state index in [1.807, 2.05) is 4.90 Å². The molecule has 1 aliphatic carbocycles. The monoisotopic (exact) mass is 729 g/mol. The van der Waals surface area contributed by atoms with E-state index in [9.17, 15) is 22.0 Å². The van der Waals surface area contributed by atoms with E-state index in [0.717, 1.165) is 12.8 Å². The number of sulfonamides is 1. The number of hydrogen-bond acceptors (Lipinski definition) is 10. The minimum atomic E-state index is -3.83. The molecule has 0 spiro atoms. The highest BCUT2D eigenvalue weighted by Crippen LogP contribution is 2.38. The van der Waals surface area contributed by atoms with Crippen molar-refractivity contribution in [2.45, 2.75) is 32.0 Å². The third-order valence-electron chi connectivity index (χ3n) is 7.80. The Labute approximate surface area is 287 Å². The molecule has 1 saturated carbocycles. The summed E-state index contributed by atoms with van der Waals surface area (Å²) in [5.41, 5.74) is 0.886. The molecule has 48 heavy (non-hydrogen) atoms. The number of methoxy groups -OCH3 is 1. The molecule has 1 saturated heterocycles. The number of esters is 1. The van der Waals surface area contributed by atoms with Crippen LogP contribution in [0.1, 0.15) is 40.4 Å². The van der Waals surface area contributed by atoms with Gasteiger partial charge in [0.1, 0.15) is 11.9 Å². The van der Waals surface area contributed by atoms with E-state index in [4.69, 9.17) is 42.1 Å². The van der Waals surface area contributed by atoms with Gasteiger partial charge in [0.2, 0.25) is 10.0 Å². The third kappa shape index (κ3) is 10.0. The fraction of sp³-hybridized carbons (Fsp3) is 0.438. The van der Waals surface area contributed by atoms with Crippen molar-refractivity contribution < 1.29 is 45.7 Å². The Bertz CT molecular complexity index is 1670. The number of nitrogens with zero attached hydrogens (tertiary/aromatic N) is 2. The maximum absolute atomic E-state index is 13.7. The van der Waals surface area contributed by atoms with Crippen LogP contribution in [0.3, 0.4) is 0 Å². The summed E-state index contributed by atoms with van der Waals surface area (Å²) in [7, 11) is -2.45. The molecule has 2 heterocycles. The van der Waals surface area contributed by atoms with E-state index in [0.29, 0.717) is 56.5 Å². The van der Waals surface area contributed by atoms with Gasteiger partial charge in [0.05, 0.1) is 54.0 Å². The minimum Gasteiger partial charge on any atom is -0.495 e. The minimum absolute atomic E-state index is 0.0137. The number of carbonyl (C=O) groups excluding carboxylic acids is 1. The fourth-order valence-electron chi connectivity index (χ4n) is 4.97. The van der Waals surface area contributed by atoms with E-state index in [-0.39, 0.29) is 50.7 Å². The number of morpholine rings is 1. The molecule has 1 aromatic heterocycles. The molecule has 11 nitrogen and oxygen atoms in total. The van der Waals surface area contributed by atoms with Gasteiger partial charge in [-0.05, 0) is 60.2 Å². The molecule has 2 fully saturated rings. The topological polar surface area (TPSA) is 126 Å². The van der Waals surface area contributed by atoms with Gasteiger partial charge in [0, 0.05) is 38.4 Å². The average Bonchev–Trinajstić information content (AvgIpc) is 3.89. The van der Waals surface area contributed by atoms with Crippen LogP contribution in [-0.2, 0) is 25.9 Å². The van der Waals surface area contributed by atoms with Gasteiger partial charge in [-0.25, -0.2) is 13.2 Å². The van der Waals surface area contributed by atoms with Crippen LogP contribution in [0.25, 0.3) is 0 Å². The maximum Gasteiger partial charge on any atom is 0.387 e. The molecule has 1 unspecified atom stereocenters. The maximum atomic E-state index is 13.7. The molecule has 1 atom stereocenters. The number of aromatic nitrogens is 1. The van der Waals surface area contributed by atoms with E-state index in [1.54, 1.807) is 0 Å². The lowest BCUT2D eigenvalue weighted by Crippen LogP contribution is -2.39. The lowest BCUT2D eigenvalue weighted by molar-refractivity contribution is -0.0515. The van der Waals surface area contributed by atoms with Crippen LogP contribution in [-0.4, -0.2) is 83.2 Å². The summed E-state index contributed by atoms with van der Waals surface area (Å²) >= 11 is 12.8. The first-order chi connectivity index (χ1) is 23.0. The van der Waals surface area contributed by atoms with E-state index in [1.165, 1.54) is 55.9 Å². The molecule has 2 aromatic carbocycles. The second-order valence-electron chi connectivity index (χ2n) is 11.3. The number of halogens is 4. The highest BCUT2D eigenvalue weighted by molar-refractivity contribution is 7.92. The van der Waals surface area contributed by atoms with Crippen LogP contribution in [0.2, 0.25) is 10.0 Å². The van der Waals surface area contributed by atoms with Gasteiger partial charge >= 0.3 is 12.6 Å². The molecule has 0 radical (unpaired) electrons. The first-order valence-electron chi connectivity index (χ1n) is 15.2. The number of carbonyl (C=O) groups is 1. The number of benzene rings is 2. The molecular formula is C32H35Cl2F2N3O8S. The molecule has 260 valence electrons. The van der Waals surface area contributed by atoms with Gasteiger partial charge in [-0.2, -0.15) is 8.78 Å². The SMILES string of the molecule is COc1ccc(C(=O)OC(Cc2c(Cl)cncc2Cl)c2ccc(OC(F)F)c(OCC3CC3)c2)cc1NS(=O)(=O)CCN1CCOCC1. The van der Waals surface area contributed by atoms with Crippen LogP contribution in [0.4, 0.5) is 14.5 Å². The number of pyridine rings is 1. The Morgan fingerprint density at radius 2 is 1.77 bits per heavy atom. The summed E-state index contributed by atoms with van der Waals surface area (Å²) in [4.78, 5) is 19.6. The van der Waals surface area contributed by atoms with Gasteiger partial charge in [-0.15, -0.1) is 0 Å². The van der Waals surface area contributed by atoms with Crippen molar-refractivity contribution >= 4 is 44.9 Å². The van der Waals surface area contributed by atoms with Gasteiger partial charge in [0.25, 0.3) is 0 Å². The zero-order valence-corrected chi connectivity index (χ0v) is 28.3. The number of ether oxygens (including phenoxy) is 5. The molecule has 1 N–H and O–H groups in total. The number of rotatable bonds is 16. The predicted octanol–water partition coefficient (Wildman–Crippen LogP) is 6.00. The van der Waals surface area contributed by atoms with Gasteiger partial charge in [-0.1, -0.05) is 29.3 Å². The van der Waals surface area contributed by atoms with Gasteiger partial charge < -0.3 is 23.7 Å². The van der Waals surface area contributed by atoms with Crippen LogP contribution in [0.15, 0.2) is 48.8 Å². The van der Waals surface area contributed by atoms with Crippen molar-refractivity contribution in [2.24, 2.45) is 5.92 Å². The quantitative estimate of drug-likeness (QED) is 0.176. The number of anilines is 1. The van der Waals surface area contributed by atoms with Crippen LogP contribution in [0, 0.1) is 5.92 Å². The first-order valence-corrected chi connectivity index (χ1v) is 17.6. The standard InChI is InChI=1S/C32H35Cl2F2N3O8S/c1-43-27-6-5-22(14-26(27)38-48(41,42)13-10-39-8-11-44-12-9-39)31(40)46-29(16-23-24(33)17-37-18-25(23)34)21-4-7-28(47-32(35)36)30(15-21)45-19-20-2-3-20/h4-7,14-15,17-18,20,29,32,38H,2-3,8-13,16,19H2,1H3. The Kier molecular flexibility index (Phi) is 12.2. The van der Waals surface area contributed by atoms with Crippen molar-refractivity contribution in [3.63, 3.8) is 0 Å². The normalized spacial score (nSPS) is 16.0. The largest absolute Gasteiger partial charge is 0.495 e. The van der Waals surface area contributed by atoms with Crippen molar-refractivity contribution in [3.8, 4) is 17.2 Å². The highest BCUT2D eigenvalue weighted by Gasteiger charge is 2.27. The molecule has 0 bridgehead atoms. The van der Waals surface area contributed by atoms with E-state index < -0.39 is 28.7 Å². The molecule has 5 rings (SSSR count). The zero-order valence-electron chi connectivity index (χ0n) is 26.0. The number of alkyl halides is 2. The van der Waals surface area contributed by atoms with Crippen molar-refractivity contribution in [2.75, 3.05) is 57.0 Å². The third-order valence-corrected chi connectivity index (χ3v) is 9.70. The smallest absolute Gasteiger partial charge is 0.387 e. The summed E-state index contributed by atoms with van der Waals surface area (Å²) in [5.74, 6) is -0.591. The molecule has 2 aliphatic rings. The highest BCUT2D eigenvalue weighted by atomic mass is 35.5. The van der Waals surface area contributed by atoms with Gasteiger partial charge in [-0.3, -0.25) is 14.6 Å². The predicted molar refractivity (Wildman–Crippen MR) is 175 cm³/mol. The van der Waals surface area contributed by atoms with Crippen molar-refractivity contribution in [3.05, 3.63) is 75.5 Å². The Morgan fingerprint density at radius 3 is 2.44 bits per heavy atom. The summed E-state index contributed by atoms with van der Waals surface area (Å²) in [5, 5.41) is 0.453. The fourth-order valence-corrected chi connectivity index (χ4v) is 6.59. The van der Waals surface area contributed by atoms with E-state index in [2.05, 4.69) is 14.4 Å². The summed E-state index contributed by atoms with van der Waals surface area (Å²) in [6.45, 7) is -0.128. The zero-order chi connectivity index (χ0) is 34.3. The van der Waals surface area contributed by atoms with Crippen LogP contribution < -0.4 is 18.9 Å². The Balaban J connectivity index is 1.41.